The molecule has 1 aliphatic carbocycles. The molecule has 0 unspecified atom stereocenters. The number of oxazole rings is 1. The first-order chi connectivity index (χ1) is 17.7. The van der Waals surface area contributed by atoms with Crippen molar-refractivity contribution in [3.63, 3.8) is 0 Å². The smallest absolute Gasteiger partial charge is 0.419 e. The number of aryl methyl sites for hydroxylation is 1. The number of benzene rings is 2. The van der Waals surface area contributed by atoms with Crippen LogP contribution in [0.5, 0.6) is 0 Å². The third kappa shape index (κ3) is 4.46. The van der Waals surface area contributed by atoms with Gasteiger partial charge in [0.1, 0.15) is 17.7 Å². The standard InChI is InChI=1S/C26H23N5O6/c1-13-15-6-7-18(17(15)5-4-16(13)25(34)35)30-24(33)20-10-19(28-12-29-20)23(32)27-11-14-3-8-22-21(9-14)31(2)26(36)37-22/h3-5,8-10,12,18H,6-7,11H2,1-2H3,(H,27,32)(H,30,33)(H,34,35)/t18-/m0/s1. The summed E-state index contributed by atoms with van der Waals surface area (Å²) in [6.07, 6.45) is 2.45. The van der Waals surface area contributed by atoms with Crippen molar-refractivity contribution < 1.29 is 23.9 Å². The summed E-state index contributed by atoms with van der Waals surface area (Å²) in [6, 6.07) is 9.48. The molecule has 3 N–H and O–H groups in total. The average Bonchev–Trinajstić information content (AvgIpc) is 3.43. The number of carbonyl (C=O) groups is 3. The van der Waals surface area contributed by atoms with Crippen molar-refractivity contribution in [2.75, 3.05) is 0 Å². The van der Waals surface area contributed by atoms with Crippen LogP contribution in [0.15, 0.2) is 51.9 Å². The largest absolute Gasteiger partial charge is 0.478 e. The summed E-state index contributed by atoms with van der Waals surface area (Å²) < 4.78 is 6.49. The molecular weight excluding hydrogens is 478 g/mol. The first-order valence-electron chi connectivity index (χ1n) is 11.6. The summed E-state index contributed by atoms with van der Waals surface area (Å²) in [6.45, 7) is 1.95. The molecule has 4 aromatic rings. The fourth-order valence-electron chi connectivity index (χ4n) is 4.65. The molecule has 11 nitrogen and oxygen atoms in total. The number of amides is 2. The lowest BCUT2D eigenvalue weighted by Crippen LogP contribution is -2.29. The minimum Gasteiger partial charge on any atom is -0.478 e. The lowest BCUT2D eigenvalue weighted by Gasteiger charge is -2.15. The van der Waals surface area contributed by atoms with Gasteiger partial charge in [-0.2, -0.15) is 0 Å². The highest BCUT2D eigenvalue weighted by Crippen LogP contribution is 2.34. The molecule has 11 heteroatoms. The molecule has 0 fully saturated rings. The van der Waals surface area contributed by atoms with E-state index in [4.69, 9.17) is 4.42 Å². The van der Waals surface area contributed by atoms with Gasteiger partial charge in [0.15, 0.2) is 5.58 Å². The van der Waals surface area contributed by atoms with Crippen LogP contribution in [0.1, 0.15) is 66.1 Å². The molecule has 0 aliphatic heterocycles. The fraction of sp³-hybridized carbons (Fsp3) is 0.231. The second kappa shape index (κ2) is 9.34. The van der Waals surface area contributed by atoms with Crippen molar-refractivity contribution >= 4 is 28.9 Å². The predicted octanol–water partition coefficient (Wildman–Crippen LogP) is 2.28. The van der Waals surface area contributed by atoms with Gasteiger partial charge in [0, 0.05) is 19.7 Å². The Hall–Kier alpha value is -4.80. The summed E-state index contributed by atoms with van der Waals surface area (Å²) in [5.41, 5.74) is 4.68. The number of hydrogen-bond acceptors (Lipinski definition) is 7. The van der Waals surface area contributed by atoms with E-state index in [9.17, 15) is 24.3 Å². The maximum absolute atomic E-state index is 12.9. The van der Waals surface area contributed by atoms with Gasteiger partial charge in [-0.3, -0.25) is 14.2 Å². The monoisotopic (exact) mass is 501 g/mol. The van der Waals surface area contributed by atoms with E-state index in [1.807, 2.05) is 0 Å². The molecule has 0 saturated heterocycles. The van der Waals surface area contributed by atoms with Gasteiger partial charge in [-0.05, 0) is 60.2 Å². The maximum Gasteiger partial charge on any atom is 0.419 e. The number of nitrogens with zero attached hydrogens (tertiary/aromatic N) is 3. The molecule has 2 amide bonds. The number of carbonyl (C=O) groups excluding carboxylic acids is 2. The van der Waals surface area contributed by atoms with Crippen molar-refractivity contribution in [2.24, 2.45) is 7.05 Å². The SMILES string of the molecule is Cc1c(C(=O)O)ccc2c1CC[C@@H]2NC(=O)c1cc(C(=O)NCc2ccc3oc(=O)n(C)c3c2)ncn1. The first kappa shape index (κ1) is 23.9. The van der Waals surface area contributed by atoms with Crippen LogP contribution in [0, 0.1) is 6.92 Å². The zero-order valence-electron chi connectivity index (χ0n) is 20.1. The molecule has 0 spiro atoms. The Morgan fingerprint density at radius 1 is 1.11 bits per heavy atom. The van der Waals surface area contributed by atoms with Gasteiger partial charge in [-0.25, -0.2) is 19.6 Å². The lowest BCUT2D eigenvalue weighted by atomic mass is 9.98. The van der Waals surface area contributed by atoms with Crippen LogP contribution in [0.2, 0.25) is 0 Å². The van der Waals surface area contributed by atoms with E-state index in [0.29, 0.717) is 29.5 Å². The number of aromatic carboxylic acids is 1. The van der Waals surface area contributed by atoms with Crippen LogP contribution in [0.4, 0.5) is 0 Å². The highest BCUT2D eigenvalue weighted by atomic mass is 16.4. The molecule has 188 valence electrons. The fourth-order valence-corrected chi connectivity index (χ4v) is 4.65. The van der Waals surface area contributed by atoms with Gasteiger partial charge in [0.2, 0.25) is 0 Å². The van der Waals surface area contributed by atoms with Crippen molar-refractivity contribution in [1.82, 2.24) is 25.2 Å². The van der Waals surface area contributed by atoms with Crippen molar-refractivity contribution in [3.05, 3.63) is 92.5 Å². The van der Waals surface area contributed by atoms with E-state index in [1.54, 1.807) is 44.3 Å². The van der Waals surface area contributed by atoms with Gasteiger partial charge >= 0.3 is 11.7 Å². The van der Waals surface area contributed by atoms with Crippen LogP contribution < -0.4 is 16.4 Å². The molecule has 2 heterocycles. The minimum atomic E-state index is -0.979. The highest BCUT2D eigenvalue weighted by Gasteiger charge is 2.28. The normalized spacial score (nSPS) is 14.4. The molecule has 37 heavy (non-hydrogen) atoms. The number of carboxylic acids is 1. The number of rotatable bonds is 6. The van der Waals surface area contributed by atoms with Crippen LogP contribution >= 0.6 is 0 Å². The predicted molar refractivity (Wildman–Crippen MR) is 131 cm³/mol. The molecule has 0 radical (unpaired) electrons. The average molecular weight is 501 g/mol. The lowest BCUT2D eigenvalue weighted by molar-refractivity contribution is 0.0695. The molecule has 1 aliphatic rings. The Morgan fingerprint density at radius 3 is 2.62 bits per heavy atom. The third-order valence-electron chi connectivity index (χ3n) is 6.67. The Morgan fingerprint density at radius 2 is 1.86 bits per heavy atom. The van der Waals surface area contributed by atoms with Crippen LogP contribution in [0.3, 0.4) is 0 Å². The van der Waals surface area contributed by atoms with E-state index < -0.39 is 23.5 Å². The van der Waals surface area contributed by atoms with Crippen molar-refractivity contribution in [3.8, 4) is 0 Å². The second-order valence-corrected chi connectivity index (χ2v) is 8.88. The Bertz CT molecular complexity index is 1640. The molecule has 5 rings (SSSR count). The maximum atomic E-state index is 12.9. The van der Waals surface area contributed by atoms with Crippen LogP contribution in [-0.4, -0.2) is 37.4 Å². The molecule has 0 saturated carbocycles. The minimum absolute atomic E-state index is 0.0331. The molecule has 2 aromatic heterocycles. The molecule has 2 aromatic carbocycles. The van der Waals surface area contributed by atoms with Gasteiger partial charge in [-0.15, -0.1) is 0 Å². The highest BCUT2D eigenvalue weighted by molar-refractivity contribution is 5.97. The Kier molecular flexibility index (Phi) is 6.04. The summed E-state index contributed by atoms with van der Waals surface area (Å²) >= 11 is 0. The topological polar surface area (TPSA) is 156 Å². The number of nitrogens with one attached hydrogen (secondary N) is 2. The van der Waals surface area contributed by atoms with E-state index in [0.717, 1.165) is 23.0 Å². The Labute approximate surface area is 210 Å². The first-order valence-corrected chi connectivity index (χ1v) is 11.6. The quantitative estimate of drug-likeness (QED) is 0.363. The van der Waals surface area contributed by atoms with Gasteiger partial charge in [0.05, 0.1) is 17.1 Å². The van der Waals surface area contributed by atoms with Crippen LogP contribution in [-0.2, 0) is 20.0 Å². The Balaban J connectivity index is 1.26. The summed E-state index contributed by atoms with van der Waals surface area (Å²) in [5, 5.41) is 15.0. The molecular formula is C26H23N5O6. The number of aromatic nitrogens is 3. The van der Waals surface area contributed by atoms with Crippen LogP contribution in [0.25, 0.3) is 11.1 Å². The molecule has 1 atom stereocenters. The van der Waals surface area contributed by atoms with E-state index in [2.05, 4.69) is 20.6 Å². The molecule has 0 bridgehead atoms. The number of hydrogen-bond donors (Lipinski definition) is 3. The van der Waals surface area contributed by atoms with Gasteiger partial charge in [-0.1, -0.05) is 12.1 Å². The van der Waals surface area contributed by atoms with E-state index in [1.165, 1.54) is 10.6 Å². The number of carboxylic acid groups (broad SMARTS) is 1. The zero-order chi connectivity index (χ0) is 26.3. The third-order valence-corrected chi connectivity index (χ3v) is 6.67. The van der Waals surface area contributed by atoms with Crippen molar-refractivity contribution in [2.45, 2.75) is 32.4 Å². The van der Waals surface area contributed by atoms with Gasteiger partial charge in [0.25, 0.3) is 11.8 Å². The van der Waals surface area contributed by atoms with E-state index in [-0.39, 0.29) is 29.5 Å². The van der Waals surface area contributed by atoms with E-state index >= 15 is 0 Å². The zero-order valence-corrected chi connectivity index (χ0v) is 20.1. The second-order valence-electron chi connectivity index (χ2n) is 8.88. The summed E-state index contributed by atoms with van der Waals surface area (Å²) in [7, 11) is 1.60. The number of fused-ring (bicyclic) bond motifs is 2. The summed E-state index contributed by atoms with van der Waals surface area (Å²) in [5.74, 6) is -2.39. The van der Waals surface area contributed by atoms with Gasteiger partial charge < -0.3 is 20.2 Å². The van der Waals surface area contributed by atoms with Crippen molar-refractivity contribution in [1.29, 1.82) is 0 Å². The summed E-state index contributed by atoms with van der Waals surface area (Å²) in [4.78, 5) is 56.7.